The maximum absolute atomic E-state index is 12.2. The number of nitrogens with one attached hydrogen (secondary N) is 2. The summed E-state index contributed by atoms with van der Waals surface area (Å²) in [4.78, 5) is 12.2. The molecule has 0 aromatic carbocycles. The third-order valence-electron chi connectivity index (χ3n) is 4.85. The van der Waals surface area contributed by atoms with Crippen LogP contribution in [0, 0.1) is 10.8 Å². The normalized spacial score (nSPS) is 40.7. The molecular weight excluding hydrogens is 228 g/mol. The molecule has 1 heterocycles. The van der Waals surface area contributed by atoms with E-state index in [1.54, 1.807) is 0 Å². The molecule has 2 aliphatic rings. The average Bonchev–Trinajstić information content (AvgIpc) is 2.79. The van der Waals surface area contributed by atoms with Gasteiger partial charge in [0.15, 0.2) is 0 Å². The fraction of sp³-hybridized carbons (Fsp3) is 0.929. The van der Waals surface area contributed by atoms with Gasteiger partial charge >= 0.3 is 0 Å². The van der Waals surface area contributed by atoms with Gasteiger partial charge in [-0.1, -0.05) is 19.8 Å². The van der Waals surface area contributed by atoms with Gasteiger partial charge in [-0.05, 0) is 32.7 Å². The minimum Gasteiger partial charge on any atom is -0.392 e. The molecule has 1 amide bonds. The molecule has 1 aliphatic heterocycles. The Morgan fingerprint density at radius 2 is 2.17 bits per heavy atom. The predicted octanol–water partition coefficient (Wildman–Crippen LogP) is 1.04. The molecule has 0 aromatic rings. The van der Waals surface area contributed by atoms with Gasteiger partial charge in [0.2, 0.25) is 5.91 Å². The van der Waals surface area contributed by atoms with Gasteiger partial charge in [0.05, 0.1) is 11.5 Å². The Balaban J connectivity index is 1.88. The Morgan fingerprint density at radius 3 is 2.78 bits per heavy atom. The van der Waals surface area contributed by atoms with Crippen molar-refractivity contribution in [3.63, 3.8) is 0 Å². The van der Waals surface area contributed by atoms with E-state index in [1.807, 2.05) is 6.92 Å². The summed E-state index contributed by atoms with van der Waals surface area (Å²) >= 11 is 0. The van der Waals surface area contributed by atoms with Crippen LogP contribution in [0.15, 0.2) is 0 Å². The fourth-order valence-corrected chi connectivity index (χ4v) is 3.09. The van der Waals surface area contributed by atoms with Gasteiger partial charge in [-0.15, -0.1) is 0 Å². The summed E-state index contributed by atoms with van der Waals surface area (Å²) in [6, 6.07) is 0. The lowest BCUT2D eigenvalue weighted by Crippen LogP contribution is -2.49. The summed E-state index contributed by atoms with van der Waals surface area (Å²) in [5, 5.41) is 16.4. The number of rotatable bonds is 3. The van der Waals surface area contributed by atoms with Crippen molar-refractivity contribution in [2.75, 3.05) is 19.6 Å². The SMILES string of the molecule is CC1(C(=O)NCC2(C)CCCCC2O)CCNC1. The van der Waals surface area contributed by atoms with E-state index in [2.05, 4.69) is 17.6 Å². The van der Waals surface area contributed by atoms with Crippen molar-refractivity contribution in [1.29, 1.82) is 0 Å². The van der Waals surface area contributed by atoms with Crippen molar-refractivity contribution in [2.24, 2.45) is 10.8 Å². The molecule has 0 radical (unpaired) electrons. The van der Waals surface area contributed by atoms with Gasteiger partial charge in [0.1, 0.15) is 0 Å². The van der Waals surface area contributed by atoms with Gasteiger partial charge in [0, 0.05) is 18.5 Å². The van der Waals surface area contributed by atoms with Crippen LogP contribution < -0.4 is 10.6 Å². The standard InChI is InChI=1S/C14H26N2O2/c1-13(6-4-3-5-11(13)17)10-16-12(18)14(2)7-8-15-9-14/h11,15,17H,3-10H2,1-2H3,(H,16,18). The van der Waals surface area contributed by atoms with Gasteiger partial charge in [-0.3, -0.25) is 4.79 Å². The second-order valence-electron chi connectivity index (χ2n) is 6.59. The van der Waals surface area contributed by atoms with Crippen LogP contribution in [0.1, 0.15) is 46.0 Å². The highest BCUT2D eigenvalue weighted by Crippen LogP contribution is 2.36. The van der Waals surface area contributed by atoms with Crippen molar-refractivity contribution in [2.45, 2.75) is 52.1 Å². The van der Waals surface area contributed by atoms with E-state index in [9.17, 15) is 9.90 Å². The Bertz CT molecular complexity index is 313. The quantitative estimate of drug-likeness (QED) is 0.705. The topological polar surface area (TPSA) is 61.4 Å². The van der Waals surface area contributed by atoms with Crippen molar-refractivity contribution >= 4 is 5.91 Å². The van der Waals surface area contributed by atoms with Crippen LogP contribution in [0.5, 0.6) is 0 Å². The first-order valence-corrected chi connectivity index (χ1v) is 7.13. The van der Waals surface area contributed by atoms with Crippen LogP contribution in [-0.4, -0.2) is 36.8 Å². The zero-order valence-corrected chi connectivity index (χ0v) is 11.6. The van der Waals surface area contributed by atoms with Crippen molar-refractivity contribution < 1.29 is 9.90 Å². The predicted molar refractivity (Wildman–Crippen MR) is 71.2 cm³/mol. The van der Waals surface area contributed by atoms with Gasteiger partial charge in [0.25, 0.3) is 0 Å². The summed E-state index contributed by atoms with van der Waals surface area (Å²) in [7, 11) is 0. The molecule has 1 saturated carbocycles. The summed E-state index contributed by atoms with van der Waals surface area (Å²) < 4.78 is 0. The number of hydrogen-bond acceptors (Lipinski definition) is 3. The summed E-state index contributed by atoms with van der Waals surface area (Å²) in [6.07, 6.45) is 4.75. The van der Waals surface area contributed by atoms with Crippen LogP contribution >= 0.6 is 0 Å². The molecule has 3 N–H and O–H groups in total. The van der Waals surface area contributed by atoms with Crippen LogP contribution in [-0.2, 0) is 4.79 Å². The molecular formula is C14H26N2O2. The number of aliphatic hydroxyl groups is 1. The number of aliphatic hydroxyl groups excluding tert-OH is 1. The molecule has 0 spiro atoms. The largest absolute Gasteiger partial charge is 0.392 e. The molecule has 18 heavy (non-hydrogen) atoms. The molecule has 4 heteroatoms. The van der Waals surface area contributed by atoms with E-state index in [-0.39, 0.29) is 22.8 Å². The van der Waals surface area contributed by atoms with E-state index >= 15 is 0 Å². The molecule has 3 unspecified atom stereocenters. The lowest BCUT2D eigenvalue weighted by Gasteiger charge is -2.39. The third kappa shape index (κ3) is 2.69. The maximum atomic E-state index is 12.2. The summed E-state index contributed by atoms with van der Waals surface area (Å²) in [5.41, 5.74) is -0.410. The highest BCUT2D eigenvalue weighted by molar-refractivity contribution is 5.82. The molecule has 1 aliphatic carbocycles. The monoisotopic (exact) mass is 254 g/mol. The maximum Gasteiger partial charge on any atom is 0.227 e. The van der Waals surface area contributed by atoms with E-state index in [0.717, 1.165) is 45.2 Å². The number of carbonyl (C=O) groups excluding carboxylic acids is 1. The molecule has 4 nitrogen and oxygen atoms in total. The van der Waals surface area contributed by atoms with Crippen LogP contribution in [0.3, 0.4) is 0 Å². The summed E-state index contributed by atoms with van der Waals surface area (Å²) in [5.74, 6) is 0.131. The Kier molecular flexibility index (Phi) is 3.97. The van der Waals surface area contributed by atoms with E-state index in [4.69, 9.17) is 0 Å². The molecule has 104 valence electrons. The molecule has 1 saturated heterocycles. The van der Waals surface area contributed by atoms with E-state index in [0.29, 0.717) is 6.54 Å². The highest BCUT2D eigenvalue weighted by Gasteiger charge is 2.39. The first-order valence-electron chi connectivity index (χ1n) is 7.13. The van der Waals surface area contributed by atoms with E-state index in [1.165, 1.54) is 0 Å². The fourth-order valence-electron chi connectivity index (χ4n) is 3.09. The van der Waals surface area contributed by atoms with Crippen LogP contribution in [0.4, 0.5) is 0 Å². The molecule has 2 rings (SSSR count). The molecule has 2 fully saturated rings. The van der Waals surface area contributed by atoms with Crippen LogP contribution in [0.25, 0.3) is 0 Å². The molecule has 0 aromatic heterocycles. The summed E-state index contributed by atoms with van der Waals surface area (Å²) in [6.45, 7) is 6.39. The van der Waals surface area contributed by atoms with Crippen molar-refractivity contribution in [3.8, 4) is 0 Å². The van der Waals surface area contributed by atoms with Gasteiger partial charge < -0.3 is 15.7 Å². The third-order valence-corrected chi connectivity index (χ3v) is 4.85. The first kappa shape index (κ1) is 13.8. The Hall–Kier alpha value is -0.610. The Labute approximate surface area is 110 Å². The minimum absolute atomic E-state index is 0.131. The lowest BCUT2D eigenvalue weighted by atomic mass is 9.73. The second-order valence-corrected chi connectivity index (χ2v) is 6.59. The van der Waals surface area contributed by atoms with Crippen molar-refractivity contribution in [3.05, 3.63) is 0 Å². The number of amides is 1. The zero-order valence-electron chi connectivity index (χ0n) is 11.6. The second kappa shape index (κ2) is 5.17. The first-order chi connectivity index (χ1) is 8.46. The minimum atomic E-state index is -0.277. The molecule has 0 bridgehead atoms. The number of carbonyl (C=O) groups is 1. The highest BCUT2D eigenvalue weighted by atomic mass is 16.3. The lowest BCUT2D eigenvalue weighted by molar-refractivity contribution is -0.130. The smallest absolute Gasteiger partial charge is 0.227 e. The van der Waals surface area contributed by atoms with Crippen LogP contribution in [0.2, 0.25) is 0 Å². The average molecular weight is 254 g/mol. The molecule has 3 atom stereocenters. The van der Waals surface area contributed by atoms with Gasteiger partial charge in [-0.25, -0.2) is 0 Å². The Morgan fingerprint density at radius 1 is 1.39 bits per heavy atom. The number of hydrogen-bond donors (Lipinski definition) is 3. The zero-order chi connectivity index (χ0) is 13.2. The van der Waals surface area contributed by atoms with Crippen molar-refractivity contribution in [1.82, 2.24) is 10.6 Å². The van der Waals surface area contributed by atoms with E-state index < -0.39 is 0 Å². The van der Waals surface area contributed by atoms with Gasteiger partial charge in [-0.2, -0.15) is 0 Å².